The number of hydrogen-bond donors (Lipinski definition) is 1. The van der Waals surface area contributed by atoms with Crippen LogP contribution >= 0.6 is 11.8 Å². The minimum Gasteiger partial charge on any atom is -0.437 e. The predicted octanol–water partition coefficient (Wildman–Crippen LogP) is 1.96. The van der Waals surface area contributed by atoms with E-state index in [4.69, 9.17) is 10.2 Å². The number of hydrogen-bond acceptors (Lipinski definition) is 6. The van der Waals surface area contributed by atoms with E-state index in [1.54, 1.807) is 12.4 Å². The van der Waals surface area contributed by atoms with Gasteiger partial charge in [-0.15, -0.1) is 0 Å². The first-order valence-corrected chi connectivity index (χ1v) is 5.77. The number of rotatable bonds is 3. The third-order valence-electron chi connectivity index (χ3n) is 2.08. The van der Waals surface area contributed by atoms with Crippen LogP contribution in [0.2, 0.25) is 0 Å². The molecule has 0 saturated carbocycles. The zero-order valence-corrected chi connectivity index (χ0v) is 9.91. The third-order valence-corrected chi connectivity index (χ3v) is 2.94. The van der Waals surface area contributed by atoms with Crippen molar-refractivity contribution in [1.82, 2.24) is 15.0 Å². The number of thioether (sulfide) groups is 1. The van der Waals surface area contributed by atoms with Gasteiger partial charge in [0.2, 0.25) is 0 Å². The molecule has 0 aliphatic carbocycles. The van der Waals surface area contributed by atoms with Gasteiger partial charge in [-0.25, -0.2) is 9.97 Å². The van der Waals surface area contributed by atoms with Crippen LogP contribution in [0.4, 0.5) is 5.82 Å². The average Bonchev–Trinajstić information content (AvgIpc) is 2.58. The maximum absolute atomic E-state index is 5.45. The van der Waals surface area contributed by atoms with Crippen molar-refractivity contribution in [2.45, 2.75) is 24.8 Å². The van der Waals surface area contributed by atoms with E-state index < -0.39 is 0 Å². The Labute approximate surface area is 97.5 Å². The van der Waals surface area contributed by atoms with Gasteiger partial charge in [0.15, 0.2) is 0 Å². The summed E-state index contributed by atoms with van der Waals surface area (Å²) < 4.78 is 5.44. The second-order valence-electron chi connectivity index (χ2n) is 3.34. The monoisotopic (exact) mass is 236 g/mol. The van der Waals surface area contributed by atoms with Crippen LogP contribution in [0.5, 0.6) is 0 Å². The van der Waals surface area contributed by atoms with Crippen molar-refractivity contribution in [3.63, 3.8) is 0 Å². The molecule has 2 heterocycles. The largest absolute Gasteiger partial charge is 0.437 e. The maximum atomic E-state index is 5.45. The molecule has 0 radical (unpaired) electrons. The summed E-state index contributed by atoms with van der Waals surface area (Å²) in [5.41, 5.74) is 7.22. The molecule has 0 aliphatic heterocycles. The third kappa shape index (κ3) is 2.52. The highest BCUT2D eigenvalue weighted by Crippen LogP contribution is 2.22. The topological polar surface area (TPSA) is 77.8 Å². The Morgan fingerprint density at radius 2 is 2.12 bits per heavy atom. The summed E-state index contributed by atoms with van der Waals surface area (Å²) in [5.74, 6) is 1.95. The molecule has 6 heteroatoms. The summed E-state index contributed by atoms with van der Waals surface area (Å²) in [6.07, 6.45) is 3.20. The first kappa shape index (κ1) is 10.9. The minimum absolute atomic E-state index is 0.427. The number of nitrogen functional groups attached to an aromatic ring is 1. The van der Waals surface area contributed by atoms with Gasteiger partial charge in [-0.1, -0.05) is 11.8 Å². The van der Waals surface area contributed by atoms with Crippen molar-refractivity contribution >= 4 is 17.6 Å². The molecule has 0 spiro atoms. The van der Waals surface area contributed by atoms with Gasteiger partial charge in [-0.2, -0.15) is 0 Å². The molecular weight excluding hydrogens is 224 g/mol. The summed E-state index contributed by atoms with van der Waals surface area (Å²) >= 11 is 1.49. The lowest BCUT2D eigenvalue weighted by Crippen LogP contribution is -1.94. The van der Waals surface area contributed by atoms with E-state index in [9.17, 15) is 0 Å². The summed E-state index contributed by atoms with van der Waals surface area (Å²) in [6.45, 7) is 3.82. The van der Waals surface area contributed by atoms with Gasteiger partial charge in [0.25, 0.3) is 5.22 Å². The lowest BCUT2D eigenvalue weighted by Gasteiger charge is -1.97. The lowest BCUT2D eigenvalue weighted by atomic mass is 10.4. The summed E-state index contributed by atoms with van der Waals surface area (Å²) in [6, 6.07) is 0. The highest BCUT2D eigenvalue weighted by molar-refractivity contribution is 7.98. The Morgan fingerprint density at radius 1 is 1.31 bits per heavy atom. The van der Waals surface area contributed by atoms with E-state index in [0.29, 0.717) is 16.8 Å². The van der Waals surface area contributed by atoms with Crippen molar-refractivity contribution in [3.05, 3.63) is 29.5 Å². The number of aromatic nitrogens is 3. The standard InChI is InChI=1S/C10H12N4OS/c1-6-7(2)15-10(14-6)16-5-8-3-13-9(11)4-12-8/h3-4H,5H2,1-2H3,(H2,11,13). The van der Waals surface area contributed by atoms with E-state index in [-0.39, 0.29) is 0 Å². The quantitative estimate of drug-likeness (QED) is 0.821. The molecule has 0 aliphatic rings. The molecule has 5 nitrogen and oxygen atoms in total. The van der Waals surface area contributed by atoms with Crippen LogP contribution in [-0.2, 0) is 5.75 Å². The highest BCUT2D eigenvalue weighted by atomic mass is 32.2. The van der Waals surface area contributed by atoms with E-state index in [1.165, 1.54) is 11.8 Å². The maximum Gasteiger partial charge on any atom is 0.256 e. The second kappa shape index (κ2) is 4.52. The summed E-state index contributed by atoms with van der Waals surface area (Å²) in [7, 11) is 0. The number of oxazole rings is 1. The highest BCUT2D eigenvalue weighted by Gasteiger charge is 2.06. The van der Waals surface area contributed by atoms with Gasteiger partial charge in [-0.05, 0) is 13.8 Å². The molecule has 0 bridgehead atoms. The van der Waals surface area contributed by atoms with Crippen molar-refractivity contribution < 1.29 is 4.42 Å². The molecule has 0 saturated heterocycles. The van der Waals surface area contributed by atoms with Crippen molar-refractivity contribution in [3.8, 4) is 0 Å². The molecule has 2 aromatic rings. The summed E-state index contributed by atoms with van der Waals surface area (Å²) in [5, 5.41) is 0.661. The Morgan fingerprint density at radius 3 is 2.69 bits per heavy atom. The Kier molecular flexibility index (Phi) is 3.09. The van der Waals surface area contributed by atoms with E-state index in [2.05, 4.69) is 15.0 Å². The molecule has 84 valence electrons. The van der Waals surface area contributed by atoms with Crippen LogP contribution < -0.4 is 5.73 Å². The van der Waals surface area contributed by atoms with Gasteiger partial charge < -0.3 is 10.2 Å². The van der Waals surface area contributed by atoms with Crippen LogP contribution in [0.25, 0.3) is 0 Å². The molecule has 0 fully saturated rings. The van der Waals surface area contributed by atoms with Crippen LogP contribution in [0.1, 0.15) is 17.1 Å². The van der Waals surface area contributed by atoms with Crippen molar-refractivity contribution in [2.24, 2.45) is 0 Å². The van der Waals surface area contributed by atoms with Crippen LogP contribution in [-0.4, -0.2) is 15.0 Å². The first-order chi connectivity index (χ1) is 7.65. The Balaban J connectivity index is 1.99. The van der Waals surface area contributed by atoms with E-state index >= 15 is 0 Å². The number of nitrogens with zero attached hydrogens (tertiary/aromatic N) is 3. The lowest BCUT2D eigenvalue weighted by molar-refractivity contribution is 0.431. The zero-order valence-electron chi connectivity index (χ0n) is 9.10. The van der Waals surface area contributed by atoms with Crippen LogP contribution in [0.15, 0.2) is 22.0 Å². The van der Waals surface area contributed by atoms with E-state index in [1.807, 2.05) is 13.8 Å². The molecule has 0 unspecified atom stereocenters. The molecule has 2 aromatic heterocycles. The van der Waals surface area contributed by atoms with Gasteiger partial charge in [0, 0.05) is 5.75 Å². The molecule has 16 heavy (non-hydrogen) atoms. The predicted molar refractivity (Wildman–Crippen MR) is 62.0 cm³/mol. The number of aryl methyl sites for hydroxylation is 2. The zero-order chi connectivity index (χ0) is 11.5. The minimum atomic E-state index is 0.427. The fraction of sp³-hybridized carbons (Fsp3) is 0.300. The van der Waals surface area contributed by atoms with Gasteiger partial charge in [-0.3, -0.25) is 4.98 Å². The second-order valence-corrected chi connectivity index (χ2v) is 4.27. The molecule has 0 amide bonds. The van der Waals surface area contributed by atoms with E-state index in [0.717, 1.165) is 17.1 Å². The smallest absolute Gasteiger partial charge is 0.256 e. The molecule has 0 aromatic carbocycles. The molecule has 0 atom stereocenters. The molecular formula is C10H12N4OS. The fourth-order valence-electron chi connectivity index (χ4n) is 1.08. The van der Waals surface area contributed by atoms with Gasteiger partial charge in [0.1, 0.15) is 11.6 Å². The Hall–Kier alpha value is -1.56. The van der Waals surface area contributed by atoms with Crippen LogP contribution in [0.3, 0.4) is 0 Å². The first-order valence-electron chi connectivity index (χ1n) is 4.78. The number of nitrogens with two attached hydrogens (primary N) is 1. The molecule has 2 rings (SSSR count). The van der Waals surface area contributed by atoms with Crippen molar-refractivity contribution in [2.75, 3.05) is 5.73 Å². The van der Waals surface area contributed by atoms with Gasteiger partial charge in [0.05, 0.1) is 23.8 Å². The fourth-order valence-corrected chi connectivity index (χ4v) is 1.89. The Bertz CT molecular complexity index is 461. The van der Waals surface area contributed by atoms with Crippen molar-refractivity contribution in [1.29, 1.82) is 0 Å². The SMILES string of the molecule is Cc1nc(SCc2cnc(N)cn2)oc1C. The van der Waals surface area contributed by atoms with Gasteiger partial charge >= 0.3 is 0 Å². The molecule has 2 N–H and O–H groups in total. The average molecular weight is 236 g/mol. The normalized spacial score (nSPS) is 10.6. The number of anilines is 1. The van der Waals surface area contributed by atoms with Crippen LogP contribution in [0, 0.1) is 13.8 Å². The summed E-state index contributed by atoms with van der Waals surface area (Å²) in [4.78, 5) is 12.4.